The second kappa shape index (κ2) is 7.17. The van der Waals surface area contributed by atoms with Crippen LogP contribution in [0.1, 0.15) is 12.5 Å². The van der Waals surface area contributed by atoms with Gasteiger partial charge in [-0.3, -0.25) is 0 Å². The maximum atomic E-state index is 10.7. The van der Waals surface area contributed by atoms with Crippen molar-refractivity contribution in [2.45, 2.75) is 13.5 Å². The average Bonchev–Trinajstić information content (AvgIpc) is 2.35. The minimum Gasteiger partial charge on any atom is -0.595 e. The van der Waals surface area contributed by atoms with Crippen molar-refractivity contribution in [3.63, 3.8) is 0 Å². The van der Waals surface area contributed by atoms with E-state index in [1.807, 2.05) is 24.9 Å². The Labute approximate surface area is 111 Å². The standard InChI is InChI=1S/C11H17ClN4O2/c1-3-15(2)11(8-16(17)18)14-7-9-4-5-10(12)13-6-9/h4-6,8,14,16-17H,3,7H2,1-2H3. The predicted octanol–water partition coefficient (Wildman–Crippen LogP) is 0.347. The normalized spacial score (nSPS) is 13.3. The second-order valence-corrected chi connectivity index (χ2v) is 4.11. The molecule has 0 aromatic carbocycles. The van der Waals surface area contributed by atoms with E-state index >= 15 is 0 Å². The number of hydrogen-bond donors (Lipinski definition) is 3. The third-order valence-electron chi connectivity index (χ3n) is 2.41. The number of quaternary nitrogens is 1. The molecule has 3 N–H and O–H groups in total. The molecule has 18 heavy (non-hydrogen) atoms. The number of aromatic nitrogens is 1. The van der Waals surface area contributed by atoms with Crippen LogP contribution < -0.4 is 10.5 Å². The highest BCUT2D eigenvalue weighted by Gasteiger charge is 2.05. The van der Waals surface area contributed by atoms with Crippen LogP contribution in [0.15, 0.2) is 30.4 Å². The number of pyridine rings is 1. The Hall–Kier alpha value is -1.34. The van der Waals surface area contributed by atoms with Crippen molar-refractivity contribution in [3.05, 3.63) is 46.3 Å². The maximum absolute atomic E-state index is 10.7. The first-order valence-electron chi connectivity index (χ1n) is 5.53. The molecule has 0 aliphatic heterocycles. The maximum Gasteiger partial charge on any atom is 0.168 e. The van der Waals surface area contributed by atoms with Crippen LogP contribution in [-0.4, -0.2) is 28.7 Å². The zero-order valence-corrected chi connectivity index (χ0v) is 11.1. The highest BCUT2D eigenvalue weighted by Crippen LogP contribution is 2.05. The van der Waals surface area contributed by atoms with Crippen LogP contribution in [0.3, 0.4) is 0 Å². The SMILES string of the molecule is CCN(C)C(=C[NH+]([O-])O)NCc1ccc(Cl)nc1. The van der Waals surface area contributed by atoms with Crippen molar-refractivity contribution in [2.24, 2.45) is 0 Å². The minimum atomic E-state index is -0.980. The van der Waals surface area contributed by atoms with Gasteiger partial charge in [-0.15, -0.1) is 0 Å². The Balaban J connectivity index is 2.65. The van der Waals surface area contributed by atoms with Crippen molar-refractivity contribution in [3.8, 4) is 0 Å². The summed E-state index contributed by atoms with van der Waals surface area (Å²) < 4.78 is 0. The smallest absolute Gasteiger partial charge is 0.168 e. The molecule has 1 rings (SSSR count). The highest BCUT2D eigenvalue weighted by atomic mass is 35.5. The van der Waals surface area contributed by atoms with Gasteiger partial charge in [0.05, 0.1) is 0 Å². The van der Waals surface area contributed by atoms with Crippen LogP contribution in [0.25, 0.3) is 0 Å². The lowest BCUT2D eigenvalue weighted by Gasteiger charge is -2.22. The summed E-state index contributed by atoms with van der Waals surface area (Å²) >= 11 is 5.69. The van der Waals surface area contributed by atoms with Crippen molar-refractivity contribution in [1.29, 1.82) is 0 Å². The summed E-state index contributed by atoms with van der Waals surface area (Å²) in [5.74, 6) is 0.556. The highest BCUT2D eigenvalue weighted by molar-refractivity contribution is 6.29. The van der Waals surface area contributed by atoms with Crippen LogP contribution in [0.4, 0.5) is 0 Å². The van der Waals surface area contributed by atoms with E-state index in [4.69, 9.17) is 16.8 Å². The summed E-state index contributed by atoms with van der Waals surface area (Å²) in [7, 11) is 1.82. The molecule has 0 amide bonds. The molecular formula is C11H17ClN4O2. The first-order valence-corrected chi connectivity index (χ1v) is 5.90. The summed E-state index contributed by atoms with van der Waals surface area (Å²) in [5, 5.41) is 22.0. The van der Waals surface area contributed by atoms with Gasteiger partial charge in [0.25, 0.3) is 0 Å². The molecule has 6 nitrogen and oxygen atoms in total. The molecule has 1 atom stereocenters. The zero-order valence-electron chi connectivity index (χ0n) is 10.4. The third-order valence-corrected chi connectivity index (χ3v) is 2.63. The predicted molar refractivity (Wildman–Crippen MR) is 68.6 cm³/mol. The summed E-state index contributed by atoms with van der Waals surface area (Å²) in [5.41, 5.74) is 0.931. The molecule has 0 saturated carbocycles. The van der Waals surface area contributed by atoms with Crippen LogP contribution in [0.2, 0.25) is 5.15 Å². The van der Waals surface area contributed by atoms with Gasteiger partial charge in [-0.05, 0) is 18.6 Å². The lowest BCUT2D eigenvalue weighted by Crippen LogP contribution is -2.99. The van der Waals surface area contributed by atoms with Gasteiger partial charge in [-0.1, -0.05) is 17.7 Å². The van der Waals surface area contributed by atoms with E-state index in [1.165, 1.54) is 0 Å². The van der Waals surface area contributed by atoms with Crippen LogP contribution >= 0.6 is 11.6 Å². The Morgan fingerprint density at radius 1 is 1.67 bits per heavy atom. The van der Waals surface area contributed by atoms with Gasteiger partial charge in [0.1, 0.15) is 5.15 Å². The fraction of sp³-hybridized carbons (Fsp3) is 0.364. The Morgan fingerprint density at radius 3 is 2.89 bits per heavy atom. The molecule has 1 unspecified atom stereocenters. The van der Waals surface area contributed by atoms with Gasteiger partial charge in [0, 0.05) is 26.3 Å². The quantitative estimate of drug-likeness (QED) is 0.515. The summed E-state index contributed by atoms with van der Waals surface area (Å²) in [4.78, 5) is 5.78. The lowest BCUT2D eigenvalue weighted by molar-refractivity contribution is -1.00. The molecule has 1 aromatic rings. The van der Waals surface area contributed by atoms with Crippen molar-refractivity contribution < 1.29 is 10.4 Å². The first-order chi connectivity index (χ1) is 8.52. The zero-order chi connectivity index (χ0) is 13.5. The Morgan fingerprint density at radius 2 is 2.39 bits per heavy atom. The van der Waals surface area contributed by atoms with Crippen molar-refractivity contribution in [2.75, 3.05) is 13.6 Å². The van der Waals surface area contributed by atoms with Crippen LogP contribution in [-0.2, 0) is 6.54 Å². The Bertz CT molecular complexity index is 395. The number of halogens is 1. The van der Waals surface area contributed by atoms with Gasteiger partial charge in [-0.25, -0.2) is 10.2 Å². The number of rotatable bonds is 6. The molecular weight excluding hydrogens is 256 g/mol. The lowest BCUT2D eigenvalue weighted by atomic mass is 10.3. The van der Waals surface area contributed by atoms with Gasteiger partial charge in [0.2, 0.25) is 0 Å². The minimum absolute atomic E-state index is 0.436. The molecule has 1 aromatic heterocycles. The van der Waals surface area contributed by atoms with Crippen LogP contribution in [0.5, 0.6) is 0 Å². The molecule has 0 aliphatic carbocycles. The van der Waals surface area contributed by atoms with Gasteiger partial charge in [-0.2, -0.15) is 5.23 Å². The molecule has 1 heterocycles. The molecule has 7 heteroatoms. The fourth-order valence-corrected chi connectivity index (χ4v) is 1.40. The summed E-state index contributed by atoms with van der Waals surface area (Å²) in [6.07, 6.45) is 2.80. The summed E-state index contributed by atoms with van der Waals surface area (Å²) in [6, 6.07) is 3.54. The molecule has 100 valence electrons. The monoisotopic (exact) mass is 272 g/mol. The molecule has 0 aliphatic rings. The number of hydrogen-bond acceptors (Lipinski definition) is 5. The molecule has 0 saturated heterocycles. The van der Waals surface area contributed by atoms with Crippen LogP contribution in [0, 0.1) is 5.21 Å². The van der Waals surface area contributed by atoms with E-state index in [-0.39, 0.29) is 0 Å². The molecule has 0 spiro atoms. The van der Waals surface area contributed by atoms with E-state index in [0.29, 0.717) is 24.1 Å². The average molecular weight is 273 g/mol. The van der Waals surface area contributed by atoms with E-state index in [2.05, 4.69) is 10.3 Å². The topological polar surface area (TPSA) is 75.9 Å². The summed E-state index contributed by atoms with van der Waals surface area (Å²) in [6.45, 7) is 3.15. The number of nitrogens with one attached hydrogen (secondary N) is 2. The third kappa shape index (κ3) is 4.89. The van der Waals surface area contributed by atoms with E-state index in [1.54, 1.807) is 12.3 Å². The fourth-order valence-electron chi connectivity index (χ4n) is 1.29. The van der Waals surface area contributed by atoms with E-state index in [9.17, 15) is 5.21 Å². The molecule has 0 fully saturated rings. The van der Waals surface area contributed by atoms with Crippen molar-refractivity contribution >= 4 is 11.6 Å². The molecule has 0 bridgehead atoms. The van der Waals surface area contributed by atoms with Gasteiger partial charge in [0.15, 0.2) is 12.0 Å². The van der Waals surface area contributed by atoms with E-state index in [0.717, 1.165) is 11.8 Å². The van der Waals surface area contributed by atoms with Crippen molar-refractivity contribution in [1.82, 2.24) is 15.2 Å². The Kier molecular flexibility index (Phi) is 5.87. The largest absolute Gasteiger partial charge is 0.595 e. The second-order valence-electron chi connectivity index (χ2n) is 3.72. The first kappa shape index (κ1) is 14.7. The number of hydroxylamine groups is 2. The molecule has 0 radical (unpaired) electrons. The van der Waals surface area contributed by atoms with Gasteiger partial charge < -0.3 is 15.4 Å². The van der Waals surface area contributed by atoms with Gasteiger partial charge >= 0.3 is 0 Å². The van der Waals surface area contributed by atoms with E-state index < -0.39 is 5.23 Å². The number of nitrogens with zero attached hydrogens (tertiary/aromatic N) is 2.